The van der Waals surface area contributed by atoms with E-state index >= 15 is 0 Å². The van der Waals surface area contributed by atoms with Crippen LogP contribution in [0, 0.1) is 0 Å². The fourth-order valence-electron chi connectivity index (χ4n) is 13.7. The number of hydrogen-bond donors (Lipinski definition) is 0. The summed E-state index contributed by atoms with van der Waals surface area (Å²) < 4.78 is 8.96. The molecule has 0 bridgehead atoms. The molecule has 0 spiro atoms. The van der Waals surface area contributed by atoms with Crippen molar-refractivity contribution in [3.8, 4) is 61.6 Å². The van der Waals surface area contributed by atoms with E-state index in [1.807, 2.05) is 0 Å². The van der Waals surface area contributed by atoms with Crippen molar-refractivity contribution in [2.75, 3.05) is 6.61 Å². The Labute approximate surface area is 488 Å². The van der Waals surface area contributed by atoms with Crippen molar-refractivity contribution in [1.82, 2.24) is 9.55 Å². The van der Waals surface area contributed by atoms with E-state index in [-0.39, 0.29) is 5.41 Å². The molecule has 0 saturated carbocycles. The summed E-state index contributed by atoms with van der Waals surface area (Å²) in [5, 5.41) is 5.05. The predicted octanol–water partition coefficient (Wildman–Crippen LogP) is 23.9. The molecule has 0 saturated heterocycles. The minimum Gasteiger partial charge on any atom is -0.494 e. The van der Waals surface area contributed by atoms with Crippen LogP contribution in [-0.2, 0) is 12.0 Å². The molecule has 1 aromatic heterocycles. The molecule has 3 nitrogen and oxygen atoms in total. The van der Waals surface area contributed by atoms with E-state index in [2.05, 4.69) is 190 Å². The lowest BCUT2D eigenvalue weighted by Crippen LogP contribution is -2.25. The Morgan fingerprint density at radius 2 is 0.778 bits per heavy atom. The van der Waals surface area contributed by atoms with Gasteiger partial charge in [0.05, 0.1) is 17.6 Å². The highest BCUT2D eigenvalue weighted by Gasteiger charge is 2.42. The Kier molecular flexibility index (Phi) is 20.7. The summed E-state index contributed by atoms with van der Waals surface area (Å²) in [6.45, 7) is 10.9. The lowest BCUT2D eigenvalue weighted by Gasteiger charge is -2.33. The van der Waals surface area contributed by atoms with Gasteiger partial charge in [-0.2, -0.15) is 0 Å². The molecule has 0 fully saturated rings. The number of benzene rings is 8. The molecule has 1 heterocycles. The van der Waals surface area contributed by atoms with Crippen molar-refractivity contribution in [1.29, 1.82) is 0 Å². The zero-order valence-electron chi connectivity index (χ0n) is 50.1. The quantitative estimate of drug-likeness (QED) is 0.0303. The van der Waals surface area contributed by atoms with Crippen LogP contribution in [0.3, 0.4) is 0 Å². The molecule has 0 amide bonds. The molecule has 10 rings (SSSR count). The second kappa shape index (κ2) is 29.0. The molecule has 8 aromatic carbocycles. The number of nitrogens with zero attached hydrogens (tertiary/aromatic N) is 2. The Bertz CT molecular complexity index is 3390. The Morgan fingerprint density at radius 3 is 1.32 bits per heavy atom. The van der Waals surface area contributed by atoms with Crippen molar-refractivity contribution in [2.45, 2.75) is 207 Å². The molecular weight excluding hydrogens is 981 g/mol. The zero-order chi connectivity index (χ0) is 55.6. The van der Waals surface area contributed by atoms with Gasteiger partial charge in [0.25, 0.3) is 0 Å². The van der Waals surface area contributed by atoms with Gasteiger partial charge in [-0.25, -0.2) is 4.98 Å². The standard InChI is InChI=1S/C78H94N2O/c1-5-9-13-17-21-31-51-78(52-32-22-18-14-10-6-2)73-57-64(60-37-29-26-30-38-60)43-49-69(73)70-50-44-65(58-74(70)78)63-42-47-67-68-48-41-62(59-35-27-25-28-36-59)56-72(68)76-75(71(67)55-63)79-77(80(76)53-33-23-19-15-11-7-3)61-39-45-66(46-40-61)81-54-34-24-20-16-12-8-4/h25-30,35-50,55-58H,5-24,31-34,51-54H2,1-4H3. The molecule has 0 atom stereocenters. The number of unbranched alkanes of at least 4 members (excludes halogenated alkanes) is 20. The van der Waals surface area contributed by atoms with Crippen LogP contribution in [0.2, 0.25) is 0 Å². The first-order valence-corrected chi connectivity index (χ1v) is 32.6. The van der Waals surface area contributed by atoms with Gasteiger partial charge in [-0.15, -0.1) is 0 Å². The number of imidazole rings is 1. The van der Waals surface area contributed by atoms with Gasteiger partial charge in [-0.05, 0) is 141 Å². The smallest absolute Gasteiger partial charge is 0.141 e. The number of hydrogen-bond acceptors (Lipinski definition) is 2. The summed E-state index contributed by atoms with van der Waals surface area (Å²) in [7, 11) is 0. The average Bonchev–Trinajstić information content (AvgIpc) is 3.90. The van der Waals surface area contributed by atoms with Crippen molar-refractivity contribution < 1.29 is 4.74 Å². The summed E-state index contributed by atoms with van der Waals surface area (Å²) in [6, 6.07) is 60.5. The number of rotatable bonds is 33. The number of aryl methyl sites for hydroxylation is 1. The Balaban J connectivity index is 1.10. The highest BCUT2D eigenvalue weighted by Crippen LogP contribution is 2.56. The summed E-state index contributed by atoms with van der Waals surface area (Å²) >= 11 is 0. The predicted molar refractivity (Wildman–Crippen MR) is 351 cm³/mol. The van der Waals surface area contributed by atoms with Crippen LogP contribution < -0.4 is 4.74 Å². The lowest BCUT2D eigenvalue weighted by molar-refractivity contribution is 0.304. The van der Waals surface area contributed by atoms with Gasteiger partial charge >= 0.3 is 0 Å². The molecule has 81 heavy (non-hydrogen) atoms. The number of ether oxygens (including phenoxy) is 1. The van der Waals surface area contributed by atoms with Crippen LogP contribution in [0.4, 0.5) is 0 Å². The monoisotopic (exact) mass is 1070 g/mol. The molecular formula is C78H94N2O. The number of aromatic nitrogens is 2. The van der Waals surface area contributed by atoms with Crippen LogP contribution in [0.5, 0.6) is 5.75 Å². The van der Waals surface area contributed by atoms with E-state index in [0.29, 0.717) is 0 Å². The van der Waals surface area contributed by atoms with E-state index in [1.54, 1.807) is 11.1 Å². The van der Waals surface area contributed by atoms with Crippen LogP contribution >= 0.6 is 0 Å². The minimum atomic E-state index is -0.0448. The fraction of sp³-hybridized carbons (Fsp3) is 0.423. The van der Waals surface area contributed by atoms with Crippen molar-refractivity contribution in [3.63, 3.8) is 0 Å². The summed E-state index contributed by atoms with van der Waals surface area (Å²) in [4.78, 5) is 5.85. The topological polar surface area (TPSA) is 27.1 Å². The Hall–Kier alpha value is -6.45. The third-order valence-electron chi connectivity index (χ3n) is 18.2. The second-order valence-electron chi connectivity index (χ2n) is 24.1. The summed E-state index contributed by atoms with van der Waals surface area (Å²) in [6.07, 6.45) is 33.1. The van der Waals surface area contributed by atoms with Crippen molar-refractivity contribution >= 4 is 32.6 Å². The number of fused-ring (bicyclic) bond motifs is 9. The van der Waals surface area contributed by atoms with E-state index < -0.39 is 0 Å². The highest BCUT2D eigenvalue weighted by molar-refractivity contribution is 6.25. The van der Waals surface area contributed by atoms with Gasteiger partial charge in [0.15, 0.2) is 0 Å². The third-order valence-corrected chi connectivity index (χ3v) is 18.2. The van der Waals surface area contributed by atoms with E-state index in [4.69, 9.17) is 9.72 Å². The highest BCUT2D eigenvalue weighted by atomic mass is 16.5. The van der Waals surface area contributed by atoms with Crippen molar-refractivity contribution in [3.05, 3.63) is 169 Å². The first-order valence-electron chi connectivity index (χ1n) is 32.6. The molecule has 9 aromatic rings. The second-order valence-corrected chi connectivity index (χ2v) is 24.1. The molecule has 3 heteroatoms. The molecule has 0 unspecified atom stereocenters. The fourth-order valence-corrected chi connectivity index (χ4v) is 13.7. The zero-order valence-corrected chi connectivity index (χ0v) is 50.1. The molecule has 0 radical (unpaired) electrons. The average molecular weight is 1080 g/mol. The lowest BCUT2D eigenvalue weighted by atomic mass is 9.70. The normalized spacial score (nSPS) is 12.7. The van der Waals surface area contributed by atoms with Crippen LogP contribution in [-0.4, -0.2) is 16.2 Å². The first kappa shape index (κ1) is 57.8. The van der Waals surface area contributed by atoms with Gasteiger partial charge in [0.1, 0.15) is 11.6 Å². The van der Waals surface area contributed by atoms with Crippen LogP contribution in [0.25, 0.3) is 88.5 Å². The van der Waals surface area contributed by atoms with E-state index in [1.165, 1.54) is 226 Å². The minimum absolute atomic E-state index is 0.0448. The van der Waals surface area contributed by atoms with Gasteiger partial charge in [-0.1, -0.05) is 278 Å². The largest absolute Gasteiger partial charge is 0.494 e. The van der Waals surface area contributed by atoms with Gasteiger partial charge in [-0.3, -0.25) is 0 Å². The summed E-state index contributed by atoms with van der Waals surface area (Å²) in [5.74, 6) is 1.99. The maximum atomic E-state index is 6.36. The maximum Gasteiger partial charge on any atom is 0.141 e. The Morgan fingerprint density at radius 1 is 0.358 bits per heavy atom. The first-order chi connectivity index (χ1) is 40.0. The van der Waals surface area contributed by atoms with Gasteiger partial charge in [0, 0.05) is 28.3 Å². The molecule has 0 aliphatic heterocycles. The molecule has 1 aliphatic rings. The third kappa shape index (κ3) is 13.6. The maximum absolute atomic E-state index is 6.36. The summed E-state index contributed by atoms with van der Waals surface area (Å²) in [5.41, 5.74) is 17.1. The van der Waals surface area contributed by atoms with Crippen molar-refractivity contribution in [2.24, 2.45) is 0 Å². The molecule has 0 N–H and O–H groups in total. The van der Waals surface area contributed by atoms with Gasteiger partial charge in [0.2, 0.25) is 0 Å². The molecule has 422 valence electrons. The molecule has 1 aliphatic carbocycles. The SMILES string of the molecule is CCCCCCCCOc1ccc(-c2nc3c4cc(-c5ccc6c(c5)C(CCCCCCCC)(CCCCCCCC)c5cc(-c7ccccc7)ccc5-6)ccc4c4ccc(-c5ccccc5)cc4c3n2CCCCCCCC)cc1. The van der Waals surface area contributed by atoms with Crippen LogP contribution in [0.15, 0.2) is 158 Å². The van der Waals surface area contributed by atoms with Gasteiger partial charge < -0.3 is 9.30 Å². The van der Waals surface area contributed by atoms with E-state index in [0.717, 1.165) is 48.6 Å². The van der Waals surface area contributed by atoms with E-state index in [9.17, 15) is 0 Å². The van der Waals surface area contributed by atoms with Crippen LogP contribution in [0.1, 0.15) is 206 Å².